The SMILES string of the molecule is C=C(C(=C)[Si](C)(C)C)[Si](C)(C)C.[CH3][Ti]([CH3])[CH]1C=Cc2ccccc21.[SiH4]. The quantitative estimate of drug-likeness (QED) is 0.420. The van der Waals surface area contributed by atoms with Crippen LogP contribution >= 0.6 is 0 Å². The Hall–Kier alpha value is -0.195. The van der Waals surface area contributed by atoms with E-state index in [2.05, 4.69) is 99.3 Å². The molecule has 0 saturated heterocycles. The number of benzene rings is 1. The Morgan fingerprint density at radius 3 is 1.72 bits per heavy atom. The first-order valence-electron chi connectivity index (χ1n) is 8.82. The summed E-state index contributed by atoms with van der Waals surface area (Å²) in [4.78, 5) is 0. The fraction of sp³-hybridized carbons (Fsp3) is 0.429. The van der Waals surface area contributed by atoms with Gasteiger partial charge in [0.05, 0.1) is 16.1 Å². The summed E-state index contributed by atoms with van der Waals surface area (Å²) in [5, 5.41) is 7.61. The molecule has 0 amide bonds. The second-order valence-corrected chi connectivity index (χ2v) is 23.5. The Balaban J connectivity index is 0.000000443. The van der Waals surface area contributed by atoms with E-state index >= 15 is 0 Å². The zero-order valence-electron chi connectivity index (χ0n) is 17.0. The van der Waals surface area contributed by atoms with Crippen molar-refractivity contribution in [1.29, 1.82) is 0 Å². The molecule has 0 N–H and O–H groups in total. The Labute approximate surface area is 169 Å². The molecule has 0 heterocycles. The minimum atomic E-state index is -1.19. The summed E-state index contributed by atoms with van der Waals surface area (Å²) in [6, 6.07) is 8.77. The predicted molar refractivity (Wildman–Crippen MR) is 126 cm³/mol. The van der Waals surface area contributed by atoms with Crippen molar-refractivity contribution in [3.63, 3.8) is 0 Å². The zero-order valence-corrected chi connectivity index (χ0v) is 20.5. The normalized spacial score (nSPS) is 15.4. The number of allylic oxidation sites excluding steroid dienone is 3. The first-order chi connectivity index (χ1) is 10.9. The molecular weight excluding hydrogens is 384 g/mol. The van der Waals surface area contributed by atoms with Crippen LogP contribution in [0.3, 0.4) is 0 Å². The number of hydrogen-bond acceptors (Lipinski definition) is 0. The summed E-state index contributed by atoms with van der Waals surface area (Å²) >= 11 is -0.799. The molecule has 1 unspecified atom stereocenters. The summed E-state index contributed by atoms with van der Waals surface area (Å²) in [5.41, 5.74) is 3.01. The molecule has 0 spiro atoms. The van der Waals surface area contributed by atoms with Crippen molar-refractivity contribution in [1.82, 2.24) is 0 Å². The maximum absolute atomic E-state index is 4.19. The number of fused-ring (bicyclic) bond motifs is 1. The summed E-state index contributed by atoms with van der Waals surface area (Å²) in [6.07, 6.45) is 4.67. The Kier molecular flexibility index (Phi) is 9.58. The van der Waals surface area contributed by atoms with E-state index in [9.17, 15) is 0 Å². The van der Waals surface area contributed by atoms with Crippen LogP contribution in [0.5, 0.6) is 0 Å². The summed E-state index contributed by atoms with van der Waals surface area (Å²) in [7, 11) is -2.39. The molecular formula is C21H39Si3Ti. The Bertz CT molecular complexity index is 607. The van der Waals surface area contributed by atoms with Crippen LogP contribution in [-0.4, -0.2) is 27.1 Å². The zero-order chi connectivity index (χ0) is 18.7. The maximum Gasteiger partial charge on any atom is -0.0149 e. The van der Waals surface area contributed by atoms with Gasteiger partial charge in [-0.3, -0.25) is 0 Å². The molecule has 0 aromatic heterocycles. The van der Waals surface area contributed by atoms with Gasteiger partial charge in [0.2, 0.25) is 0 Å². The predicted octanol–water partition coefficient (Wildman–Crippen LogP) is 5.87. The van der Waals surface area contributed by atoms with Gasteiger partial charge in [-0.25, -0.2) is 0 Å². The van der Waals surface area contributed by atoms with Crippen molar-refractivity contribution in [2.75, 3.05) is 0 Å². The molecule has 139 valence electrons. The van der Waals surface area contributed by atoms with Crippen molar-refractivity contribution < 1.29 is 17.9 Å². The van der Waals surface area contributed by atoms with Crippen LogP contribution < -0.4 is 0 Å². The van der Waals surface area contributed by atoms with E-state index in [-0.39, 0.29) is 11.0 Å². The van der Waals surface area contributed by atoms with E-state index in [1.807, 2.05) is 0 Å². The molecule has 1 aliphatic carbocycles. The van der Waals surface area contributed by atoms with Gasteiger partial charge >= 0.3 is 80.1 Å². The monoisotopic (exact) mass is 423 g/mol. The van der Waals surface area contributed by atoms with Crippen molar-refractivity contribution in [2.24, 2.45) is 0 Å². The van der Waals surface area contributed by atoms with Gasteiger partial charge in [0.15, 0.2) is 0 Å². The molecule has 0 bridgehead atoms. The van der Waals surface area contributed by atoms with Crippen molar-refractivity contribution in [3.05, 3.63) is 65.0 Å². The second kappa shape index (κ2) is 9.66. The fourth-order valence-electron chi connectivity index (χ4n) is 2.66. The molecule has 0 nitrogen and oxygen atoms in total. The van der Waals surface area contributed by atoms with Gasteiger partial charge in [-0.15, -0.1) is 0 Å². The van der Waals surface area contributed by atoms with Crippen LogP contribution in [0.2, 0.25) is 49.7 Å². The van der Waals surface area contributed by atoms with Crippen molar-refractivity contribution >= 4 is 33.2 Å². The van der Waals surface area contributed by atoms with E-state index in [1.165, 1.54) is 16.0 Å². The van der Waals surface area contributed by atoms with Crippen molar-refractivity contribution in [3.8, 4) is 0 Å². The van der Waals surface area contributed by atoms with Gasteiger partial charge < -0.3 is 0 Å². The smallest absolute Gasteiger partial charge is 0.0149 e. The molecule has 1 aromatic rings. The minimum Gasteiger partial charge on any atom is -0.0149 e. The standard InChI is InChI=1S/C10H22Si2.C9H7.2CH3.H4Si.Ti/c1-9(11(3,4)5)10(2)12(6,7)8;1-2-5-9-7-3-6-8(9)4-1;;;;/h1-2H2,3-8H3;1-7H;2*1H3;1H4;. The van der Waals surface area contributed by atoms with Gasteiger partial charge in [-0.05, 0) is 11.0 Å². The maximum atomic E-state index is 4.19. The average molecular weight is 424 g/mol. The van der Waals surface area contributed by atoms with E-state index in [1.54, 1.807) is 5.56 Å². The van der Waals surface area contributed by atoms with Gasteiger partial charge in [0, 0.05) is 0 Å². The van der Waals surface area contributed by atoms with E-state index in [0.717, 1.165) is 4.22 Å². The third-order valence-electron chi connectivity index (χ3n) is 4.60. The molecule has 0 aliphatic heterocycles. The molecule has 25 heavy (non-hydrogen) atoms. The molecule has 2 rings (SSSR count). The third kappa shape index (κ3) is 7.14. The van der Waals surface area contributed by atoms with Crippen LogP contribution in [0.4, 0.5) is 0 Å². The first-order valence-corrected chi connectivity index (χ1v) is 19.8. The van der Waals surface area contributed by atoms with Crippen LogP contribution in [0, 0.1) is 0 Å². The minimum absolute atomic E-state index is 0. The van der Waals surface area contributed by atoms with Crippen LogP contribution in [0.25, 0.3) is 6.08 Å². The third-order valence-corrected chi connectivity index (χ3v) is 11.8. The van der Waals surface area contributed by atoms with Crippen LogP contribution in [0.1, 0.15) is 15.3 Å². The van der Waals surface area contributed by atoms with Gasteiger partial charge in [-0.2, -0.15) is 0 Å². The topological polar surface area (TPSA) is 0 Å². The summed E-state index contributed by atoms with van der Waals surface area (Å²) in [6.45, 7) is 22.4. The fourth-order valence-corrected chi connectivity index (χ4v) is 8.85. The molecule has 1 atom stereocenters. The number of hydrogen-bond donors (Lipinski definition) is 0. The van der Waals surface area contributed by atoms with Gasteiger partial charge in [0.25, 0.3) is 0 Å². The largest absolute Gasteiger partial charge is 0.0149 e. The molecule has 1 aliphatic rings. The van der Waals surface area contributed by atoms with Crippen LogP contribution in [-0.2, 0) is 17.9 Å². The molecule has 0 saturated carbocycles. The Morgan fingerprint density at radius 2 is 1.32 bits per heavy atom. The molecule has 0 fully saturated rings. The van der Waals surface area contributed by atoms with Crippen molar-refractivity contribution in [2.45, 2.75) is 54.0 Å². The average Bonchev–Trinajstić information content (AvgIpc) is 2.88. The molecule has 0 radical (unpaired) electrons. The molecule has 4 heteroatoms. The van der Waals surface area contributed by atoms with Crippen LogP contribution in [0.15, 0.2) is 53.9 Å². The van der Waals surface area contributed by atoms with Gasteiger partial charge in [-0.1, -0.05) is 62.8 Å². The number of rotatable bonds is 4. The Morgan fingerprint density at radius 1 is 0.880 bits per heavy atom. The second-order valence-electron chi connectivity index (χ2n) is 9.00. The molecule has 1 aromatic carbocycles. The first kappa shape index (κ1) is 24.8. The summed E-state index contributed by atoms with van der Waals surface area (Å²) < 4.78 is 0.807. The summed E-state index contributed by atoms with van der Waals surface area (Å²) in [5.74, 6) is 0. The van der Waals surface area contributed by atoms with E-state index < -0.39 is 34.0 Å². The van der Waals surface area contributed by atoms with Gasteiger partial charge in [0.1, 0.15) is 0 Å². The van der Waals surface area contributed by atoms with E-state index in [0.29, 0.717) is 0 Å². The van der Waals surface area contributed by atoms with E-state index in [4.69, 9.17) is 0 Å².